The second kappa shape index (κ2) is 5.12. The molecule has 0 aliphatic carbocycles. The van der Waals surface area contributed by atoms with Crippen LogP contribution in [0.25, 0.3) is 10.9 Å². The summed E-state index contributed by atoms with van der Waals surface area (Å²) >= 11 is 6.27. The van der Waals surface area contributed by atoms with Crippen molar-refractivity contribution < 1.29 is 0 Å². The van der Waals surface area contributed by atoms with Crippen LogP contribution in [0.15, 0.2) is 18.2 Å². The third-order valence-corrected chi connectivity index (χ3v) is 3.13. The number of hydrogen-bond acceptors (Lipinski definition) is 3. The number of aromatic nitrogens is 1. The molecule has 0 radical (unpaired) electrons. The highest BCUT2D eigenvalue weighted by Gasteiger charge is 2.10. The van der Waals surface area contributed by atoms with Crippen molar-refractivity contribution in [3.63, 3.8) is 0 Å². The SMILES string of the molecule is Cc1cc(Cl)c2nc(CC(C)C)cc(NN)c2c1. The van der Waals surface area contributed by atoms with Crippen LogP contribution in [0, 0.1) is 12.8 Å². The fourth-order valence-electron chi connectivity index (χ4n) is 2.12. The molecule has 1 aromatic heterocycles. The normalized spacial score (nSPS) is 11.2. The monoisotopic (exact) mass is 263 g/mol. The summed E-state index contributed by atoms with van der Waals surface area (Å²) in [5, 5.41) is 1.64. The Kier molecular flexibility index (Phi) is 3.73. The van der Waals surface area contributed by atoms with Crippen LogP contribution in [0.3, 0.4) is 0 Å². The summed E-state index contributed by atoms with van der Waals surface area (Å²) in [6.07, 6.45) is 0.912. The first-order chi connectivity index (χ1) is 8.51. The number of nitrogens with one attached hydrogen (secondary N) is 1. The molecule has 0 fully saturated rings. The summed E-state index contributed by atoms with van der Waals surface area (Å²) in [6.45, 7) is 6.34. The molecule has 0 unspecified atom stereocenters. The third-order valence-electron chi connectivity index (χ3n) is 2.84. The van der Waals surface area contributed by atoms with Gasteiger partial charge in [0.2, 0.25) is 0 Å². The third kappa shape index (κ3) is 2.57. The molecule has 0 saturated carbocycles. The van der Waals surface area contributed by atoms with E-state index in [1.165, 1.54) is 0 Å². The number of halogens is 1. The van der Waals surface area contributed by atoms with Crippen molar-refractivity contribution >= 4 is 28.2 Å². The summed E-state index contributed by atoms with van der Waals surface area (Å²) in [6, 6.07) is 5.97. The number of hydrogen-bond donors (Lipinski definition) is 2. The Labute approximate surface area is 112 Å². The minimum absolute atomic E-state index is 0.546. The number of pyridine rings is 1. The maximum Gasteiger partial charge on any atom is 0.0912 e. The second-order valence-corrected chi connectivity index (χ2v) is 5.45. The molecule has 3 N–H and O–H groups in total. The lowest BCUT2D eigenvalue weighted by molar-refractivity contribution is 0.637. The average Bonchev–Trinajstić information content (AvgIpc) is 2.28. The predicted molar refractivity (Wildman–Crippen MR) is 77.8 cm³/mol. The van der Waals surface area contributed by atoms with Crippen molar-refractivity contribution in [3.05, 3.63) is 34.5 Å². The van der Waals surface area contributed by atoms with Crippen molar-refractivity contribution in [1.82, 2.24) is 4.98 Å². The molecule has 2 aromatic rings. The van der Waals surface area contributed by atoms with Crippen molar-refractivity contribution in [2.45, 2.75) is 27.2 Å². The molecule has 1 aromatic carbocycles. The molecule has 0 aliphatic heterocycles. The van der Waals surface area contributed by atoms with E-state index < -0.39 is 0 Å². The van der Waals surface area contributed by atoms with Gasteiger partial charge in [0.1, 0.15) is 0 Å². The first-order valence-corrected chi connectivity index (χ1v) is 6.45. The van der Waals surface area contributed by atoms with Gasteiger partial charge in [0.15, 0.2) is 0 Å². The molecule has 0 amide bonds. The minimum atomic E-state index is 0.546. The zero-order chi connectivity index (χ0) is 13.3. The van der Waals surface area contributed by atoms with E-state index in [9.17, 15) is 0 Å². The zero-order valence-corrected chi connectivity index (χ0v) is 11.7. The molecule has 2 rings (SSSR count). The number of anilines is 1. The Bertz CT molecular complexity index is 579. The van der Waals surface area contributed by atoms with Gasteiger partial charge in [-0.25, -0.2) is 0 Å². The van der Waals surface area contributed by atoms with Gasteiger partial charge in [0, 0.05) is 11.1 Å². The van der Waals surface area contributed by atoms with E-state index >= 15 is 0 Å². The Hall–Kier alpha value is -1.32. The highest BCUT2D eigenvalue weighted by atomic mass is 35.5. The number of nitrogens with two attached hydrogens (primary N) is 1. The molecule has 18 heavy (non-hydrogen) atoms. The molecular formula is C14H18ClN3. The van der Waals surface area contributed by atoms with Gasteiger partial charge in [0.25, 0.3) is 0 Å². The minimum Gasteiger partial charge on any atom is -0.323 e. The van der Waals surface area contributed by atoms with Crippen LogP contribution in [-0.2, 0) is 6.42 Å². The van der Waals surface area contributed by atoms with Crippen LogP contribution in [0.4, 0.5) is 5.69 Å². The predicted octanol–water partition coefficient (Wildman–Crippen LogP) is 3.68. The summed E-state index contributed by atoms with van der Waals surface area (Å²) in [7, 11) is 0. The van der Waals surface area contributed by atoms with Crippen LogP contribution in [0.2, 0.25) is 5.02 Å². The van der Waals surface area contributed by atoms with Gasteiger partial charge in [-0.2, -0.15) is 0 Å². The Morgan fingerprint density at radius 2 is 2.06 bits per heavy atom. The number of hydrazine groups is 1. The van der Waals surface area contributed by atoms with E-state index in [2.05, 4.69) is 24.3 Å². The van der Waals surface area contributed by atoms with Crippen LogP contribution in [0.1, 0.15) is 25.1 Å². The fourth-order valence-corrected chi connectivity index (χ4v) is 2.43. The van der Waals surface area contributed by atoms with Gasteiger partial charge >= 0.3 is 0 Å². The van der Waals surface area contributed by atoms with E-state index in [0.29, 0.717) is 10.9 Å². The topological polar surface area (TPSA) is 50.9 Å². The van der Waals surface area contributed by atoms with Gasteiger partial charge in [0.05, 0.1) is 16.2 Å². The van der Waals surface area contributed by atoms with Crippen molar-refractivity contribution in [2.24, 2.45) is 11.8 Å². The highest BCUT2D eigenvalue weighted by molar-refractivity contribution is 6.35. The molecule has 3 nitrogen and oxygen atoms in total. The number of aryl methyl sites for hydroxylation is 1. The Morgan fingerprint density at radius 1 is 1.33 bits per heavy atom. The lowest BCUT2D eigenvalue weighted by Crippen LogP contribution is -2.09. The molecule has 0 atom stereocenters. The number of nitrogens with zero attached hydrogens (tertiary/aromatic N) is 1. The van der Waals surface area contributed by atoms with Gasteiger partial charge < -0.3 is 5.43 Å². The number of nitrogen functional groups attached to an aromatic ring is 1. The van der Waals surface area contributed by atoms with E-state index in [1.54, 1.807) is 0 Å². The fraction of sp³-hybridized carbons (Fsp3) is 0.357. The molecule has 0 aliphatic rings. The highest BCUT2D eigenvalue weighted by Crippen LogP contribution is 2.30. The molecule has 4 heteroatoms. The molecule has 1 heterocycles. The van der Waals surface area contributed by atoms with E-state index in [-0.39, 0.29) is 0 Å². The first kappa shape index (κ1) is 13.1. The van der Waals surface area contributed by atoms with E-state index in [0.717, 1.165) is 34.3 Å². The largest absolute Gasteiger partial charge is 0.323 e. The number of fused-ring (bicyclic) bond motifs is 1. The van der Waals surface area contributed by atoms with E-state index in [4.69, 9.17) is 17.4 Å². The number of benzene rings is 1. The molecule has 96 valence electrons. The molecule has 0 bridgehead atoms. The van der Waals surface area contributed by atoms with Crippen LogP contribution >= 0.6 is 11.6 Å². The average molecular weight is 264 g/mol. The van der Waals surface area contributed by atoms with Crippen molar-refractivity contribution in [1.29, 1.82) is 0 Å². The standard InChI is InChI=1S/C14H18ClN3/c1-8(2)4-10-7-13(18-16)11-5-9(3)6-12(15)14(11)17-10/h5-8H,4,16H2,1-3H3,(H,17,18). The van der Waals surface area contributed by atoms with Gasteiger partial charge in [-0.1, -0.05) is 25.4 Å². The summed E-state index contributed by atoms with van der Waals surface area (Å²) in [4.78, 5) is 4.64. The zero-order valence-electron chi connectivity index (χ0n) is 10.9. The quantitative estimate of drug-likeness (QED) is 0.656. The van der Waals surface area contributed by atoms with Crippen LogP contribution in [0.5, 0.6) is 0 Å². The van der Waals surface area contributed by atoms with Gasteiger partial charge in [-0.15, -0.1) is 0 Å². The Morgan fingerprint density at radius 3 is 2.67 bits per heavy atom. The van der Waals surface area contributed by atoms with Gasteiger partial charge in [-0.3, -0.25) is 10.8 Å². The Balaban J connectivity index is 2.67. The maximum absolute atomic E-state index is 6.27. The van der Waals surface area contributed by atoms with Gasteiger partial charge in [-0.05, 0) is 43.0 Å². The molecule has 0 spiro atoms. The summed E-state index contributed by atoms with van der Waals surface area (Å²) in [5.41, 5.74) is 6.54. The maximum atomic E-state index is 6.27. The summed E-state index contributed by atoms with van der Waals surface area (Å²) in [5.74, 6) is 6.14. The summed E-state index contributed by atoms with van der Waals surface area (Å²) < 4.78 is 0. The molecule has 0 saturated heterocycles. The lowest BCUT2D eigenvalue weighted by Gasteiger charge is -2.12. The first-order valence-electron chi connectivity index (χ1n) is 6.07. The smallest absolute Gasteiger partial charge is 0.0912 e. The van der Waals surface area contributed by atoms with Crippen LogP contribution < -0.4 is 11.3 Å². The van der Waals surface area contributed by atoms with Crippen molar-refractivity contribution in [3.8, 4) is 0 Å². The second-order valence-electron chi connectivity index (χ2n) is 5.05. The van der Waals surface area contributed by atoms with Crippen molar-refractivity contribution in [2.75, 3.05) is 5.43 Å². The molecular weight excluding hydrogens is 246 g/mol. The number of rotatable bonds is 3. The lowest BCUT2D eigenvalue weighted by atomic mass is 10.0. The van der Waals surface area contributed by atoms with E-state index in [1.807, 2.05) is 25.1 Å². The van der Waals surface area contributed by atoms with Crippen LogP contribution in [-0.4, -0.2) is 4.98 Å².